The van der Waals surface area contributed by atoms with Crippen LogP contribution in [0.2, 0.25) is 0 Å². The first kappa shape index (κ1) is 14.7. The zero-order chi connectivity index (χ0) is 13.4. The molecule has 0 fully saturated rings. The van der Waals surface area contributed by atoms with Crippen molar-refractivity contribution in [3.63, 3.8) is 0 Å². The number of esters is 1. The van der Waals surface area contributed by atoms with Gasteiger partial charge in [-0.25, -0.2) is 4.79 Å². The molecule has 1 rings (SSSR count). The van der Waals surface area contributed by atoms with Gasteiger partial charge in [-0.05, 0) is 31.7 Å². The minimum Gasteiger partial charge on any atom is -0.467 e. The van der Waals surface area contributed by atoms with Crippen LogP contribution in [0, 0.1) is 5.92 Å². The Bertz CT molecular complexity index is 315. The molecule has 0 radical (unpaired) electrons. The van der Waals surface area contributed by atoms with Gasteiger partial charge in [-0.15, -0.1) is 0 Å². The topological polar surface area (TPSA) is 67.4 Å². The van der Waals surface area contributed by atoms with Crippen molar-refractivity contribution in [2.45, 2.75) is 32.2 Å². The lowest BCUT2D eigenvalue weighted by Gasteiger charge is -2.20. The number of amides is 1. The maximum Gasteiger partial charge on any atom is 0.329 e. The Hall–Kier alpha value is -1.36. The van der Waals surface area contributed by atoms with Crippen molar-refractivity contribution in [1.29, 1.82) is 0 Å². The molecule has 0 bridgehead atoms. The van der Waals surface area contributed by atoms with Gasteiger partial charge in [0.05, 0.1) is 7.11 Å². The standard InChI is InChI=1S/C13H22N2O3/c1-10(16)15-12(13(17)18-2)9-14-8-11-6-4-3-5-7-11/h3-4,11-12,14H,5-9H2,1-2H3,(H,15,16). The van der Waals surface area contributed by atoms with Crippen molar-refractivity contribution in [2.75, 3.05) is 20.2 Å². The van der Waals surface area contributed by atoms with E-state index in [0.29, 0.717) is 12.5 Å². The number of carbonyl (C=O) groups is 2. The van der Waals surface area contributed by atoms with Crippen LogP contribution in [0.3, 0.4) is 0 Å². The number of hydrogen-bond acceptors (Lipinski definition) is 4. The van der Waals surface area contributed by atoms with Gasteiger partial charge in [-0.3, -0.25) is 4.79 Å². The van der Waals surface area contributed by atoms with E-state index >= 15 is 0 Å². The third-order valence-electron chi connectivity index (χ3n) is 3.02. The molecule has 0 spiro atoms. The average Bonchev–Trinajstić information content (AvgIpc) is 2.37. The summed E-state index contributed by atoms with van der Waals surface area (Å²) in [5.74, 6) is -0.0281. The lowest BCUT2D eigenvalue weighted by Crippen LogP contribution is -2.47. The molecule has 5 nitrogen and oxygen atoms in total. The fraction of sp³-hybridized carbons (Fsp3) is 0.692. The first-order valence-corrected chi connectivity index (χ1v) is 6.34. The predicted molar refractivity (Wildman–Crippen MR) is 69.0 cm³/mol. The normalized spacial score (nSPS) is 20.2. The second kappa shape index (κ2) is 7.87. The van der Waals surface area contributed by atoms with E-state index in [0.717, 1.165) is 19.4 Å². The van der Waals surface area contributed by atoms with E-state index in [2.05, 4.69) is 27.5 Å². The van der Waals surface area contributed by atoms with Gasteiger partial charge < -0.3 is 15.4 Å². The summed E-state index contributed by atoms with van der Waals surface area (Å²) in [6.45, 7) is 2.66. The zero-order valence-electron chi connectivity index (χ0n) is 11.1. The first-order chi connectivity index (χ1) is 8.63. The monoisotopic (exact) mass is 254 g/mol. The Kier molecular flexibility index (Phi) is 6.43. The van der Waals surface area contributed by atoms with Crippen LogP contribution < -0.4 is 10.6 Å². The largest absolute Gasteiger partial charge is 0.467 e. The van der Waals surface area contributed by atoms with Gasteiger partial charge in [0.1, 0.15) is 6.04 Å². The van der Waals surface area contributed by atoms with Crippen LogP contribution >= 0.6 is 0 Å². The van der Waals surface area contributed by atoms with Crippen LogP contribution in [0.25, 0.3) is 0 Å². The van der Waals surface area contributed by atoms with Gasteiger partial charge in [0.2, 0.25) is 5.91 Å². The lowest BCUT2D eigenvalue weighted by atomic mass is 9.94. The van der Waals surface area contributed by atoms with Gasteiger partial charge in [0.25, 0.3) is 0 Å². The molecule has 1 aliphatic rings. The van der Waals surface area contributed by atoms with Crippen molar-refractivity contribution in [3.8, 4) is 0 Å². The molecule has 0 aromatic heterocycles. The van der Waals surface area contributed by atoms with Crippen LogP contribution in [-0.2, 0) is 14.3 Å². The molecule has 1 aliphatic carbocycles. The van der Waals surface area contributed by atoms with E-state index in [4.69, 9.17) is 0 Å². The van der Waals surface area contributed by atoms with E-state index in [9.17, 15) is 9.59 Å². The fourth-order valence-electron chi connectivity index (χ4n) is 2.05. The summed E-state index contributed by atoms with van der Waals surface area (Å²) < 4.78 is 4.65. The smallest absolute Gasteiger partial charge is 0.329 e. The van der Waals surface area contributed by atoms with E-state index in [1.165, 1.54) is 20.5 Å². The number of allylic oxidation sites excluding steroid dienone is 2. The van der Waals surface area contributed by atoms with Crippen LogP contribution in [0.15, 0.2) is 12.2 Å². The van der Waals surface area contributed by atoms with E-state index in [1.807, 2.05) is 0 Å². The maximum atomic E-state index is 11.4. The Labute approximate surface area is 108 Å². The van der Waals surface area contributed by atoms with Gasteiger partial charge in [-0.2, -0.15) is 0 Å². The number of nitrogens with one attached hydrogen (secondary N) is 2. The Morgan fingerprint density at radius 1 is 1.44 bits per heavy atom. The van der Waals surface area contributed by atoms with E-state index in [-0.39, 0.29) is 5.91 Å². The first-order valence-electron chi connectivity index (χ1n) is 6.34. The molecule has 0 aromatic rings. The Morgan fingerprint density at radius 3 is 2.78 bits per heavy atom. The summed E-state index contributed by atoms with van der Waals surface area (Å²) in [7, 11) is 1.32. The predicted octanol–water partition coefficient (Wildman–Crippen LogP) is 0.610. The van der Waals surface area contributed by atoms with Gasteiger partial charge in [0.15, 0.2) is 0 Å². The molecule has 0 heterocycles. The highest BCUT2D eigenvalue weighted by Crippen LogP contribution is 2.16. The molecule has 0 aliphatic heterocycles. The molecule has 1 amide bonds. The molecule has 0 aromatic carbocycles. The maximum absolute atomic E-state index is 11.4. The Morgan fingerprint density at radius 2 is 2.22 bits per heavy atom. The van der Waals surface area contributed by atoms with Gasteiger partial charge in [-0.1, -0.05) is 12.2 Å². The van der Waals surface area contributed by atoms with E-state index < -0.39 is 12.0 Å². The van der Waals surface area contributed by atoms with Crippen LogP contribution in [0.4, 0.5) is 0 Å². The summed E-state index contributed by atoms with van der Waals surface area (Å²) in [4.78, 5) is 22.4. The minimum atomic E-state index is -0.605. The summed E-state index contributed by atoms with van der Waals surface area (Å²) >= 11 is 0. The fourth-order valence-corrected chi connectivity index (χ4v) is 2.05. The van der Waals surface area contributed by atoms with Crippen molar-refractivity contribution in [2.24, 2.45) is 5.92 Å². The molecular weight excluding hydrogens is 232 g/mol. The molecule has 0 saturated carbocycles. The number of hydrogen-bond donors (Lipinski definition) is 2. The number of carbonyl (C=O) groups excluding carboxylic acids is 2. The minimum absolute atomic E-state index is 0.229. The van der Waals surface area contributed by atoms with Gasteiger partial charge >= 0.3 is 5.97 Å². The third-order valence-corrected chi connectivity index (χ3v) is 3.02. The summed E-state index contributed by atoms with van der Waals surface area (Å²) in [6, 6.07) is -0.605. The molecule has 2 atom stereocenters. The number of rotatable bonds is 6. The van der Waals surface area contributed by atoms with Crippen molar-refractivity contribution >= 4 is 11.9 Å². The highest BCUT2D eigenvalue weighted by molar-refractivity contribution is 5.83. The lowest BCUT2D eigenvalue weighted by molar-refractivity contribution is -0.144. The zero-order valence-corrected chi connectivity index (χ0v) is 11.1. The van der Waals surface area contributed by atoms with Crippen molar-refractivity contribution in [3.05, 3.63) is 12.2 Å². The molecule has 0 saturated heterocycles. The molecule has 2 N–H and O–H groups in total. The number of ether oxygens (including phenoxy) is 1. The molecule has 18 heavy (non-hydrogen) atoms. The highest BCUT2D eigenvalue weighted by Gasteiger charge is 2.20. The summed E-state index contributed by atoms with van der Waals surface area (Å²) in [5, 5.41) is 5.80. The van der Waals surface area contributed by atoms with Gasteiger partial charge in [0, 0.05) is 13.5 Å². The highest BCUT2D eigenvalue weighted by atomic mass is 16.5. The second-order valence-corrected chi connectivity index (χ2v) is 4.59. The number of methoxy groups -OCH3 is 1. The van der Waals surface area contributed by atoms with Crippen molar-refractivity contribution < 1.29 is 14.3 Å². The molecule has 2 unspecified atom stereocenters. The SMILES string of the molecule is COC(=O)C(CNCC1CC=CCC1)NC(C)=O. The molecular formula is C13H22N2O3. The Balaban J connectivity index is 2.30. The van der Waals surface area contributed by atoms with Crippen LogP contribution in [0.5, 0.6) is 0 Å². The third kappa shape index (κ3) is 5.31. The van der Waals surface area contributed by atoms with Crippen molar-refractivity contribution in [1.82, 2.24) is 10.6 Å². The summed E-state index contributed by atoms with van der Waals surface area (Å²) in [5.41, 5.74) is 0. The van der Waals surface area contributed by atoms with E-state index in [1.54, 1.807) is 0 Å². The quantitative estimate of drug-likeness (QED) is 0.538. The van der Waals surface area contributed by atoms with Crippen LogP contribution in [-0.4, -0.2) is 38.1 Å². The second-order valence-electron chi connectivity index (χ2n) is 4.59. The molecule has 5 heteroatoms. The average molecular weight is 254 g/mol. The van der Waals surface area contributed by atoms with Crippen LogP contribution in [0.1, 0.15) is 26.2 Å². The molecule has 102 valence electrons. The summed E-state index contributed by atoms with van der Waals surface area (Å²) in [6.07, 6.45) is 7.77.